The lowest BCUT2D eigenvalue weighted by molar-refractivity contribution is -0.119. The van der Waals surface area contributed by atoms with Gasteiger partial charge in [-0.1, -0.05) is 54.4 Å². The summed E-state index contributed by atoms with van der Waals surface area (Å²) >= 11 is 3.35. The predicted molar refractivity (Wildman–Crippen MR) is 118 cm³/mol. The van der Waals surface area contributed by atoms with Crippen molar-refractivity contribution in [1.82, 2.24) is 4.98 Å². The summed E-state index contributed by atoms with van der Waals surface area (Å²) in [6, 6.07) is 14.7. The van der Waals surface area contributed by atoms with Gasteiger partial charge in [0.15, 0.2) is 6.61 Å². The summed E-state index contributed by atoms with van der Waals surface area (Å²) in [6.45, 7) is 3.74. The van der Waals surface area contributed by atoms with Crippen LogP contribution in [0.4, 0.5) is 5.69 Å². The number of fused-ring (bicyclic) bond motifs is 1. The van der Waals surface area contributed by atoms with Crippen LogP contribution in [0.2, 0.25) is 0 Å². The molecule has 1 heterocycles. The van der Waals surface area contributed by atoms with E-state index in [-0.39, 0.29) is 12.5 Å². The fourth-order valence-corrected chi connectivity index (χ4v) is 3.56. The van der Waals surface area contributed by atoms with E-state index < -0.39 is 5.97 Å². The molecule has 0 saturated heterocycles. The van der Waals surface area contributed by atoms with Crippen LogP contribution in [0.5, 0.6) is 0 Å². The SMILES string of the molecule is CCCc1nc2ccccc2c(C(=O)OCC(=O)Nc2ccc(Br)cc2)c1CC. The Morgan fingerprint density at radius 2 is 1.79 bits per heavy atom. The number of ether oxygens (including phenoxy) is 1. The van der Waals surface area contributed by atoms with E-state index in [1.165, 1.54) is 0 Å². The Labute approximate surface area is 178 Å². The van der Waals surface area contributed by atoms with E-state index in [9.17, 15) is 9.59 Å². The molecular weight excluding hydrogens is 432 g/mol. The number of amides is 1. The van der Waals surface area contributed by atoms with Gasteiger partial charge >= 0.3 is 5.97 Å². The standard InChI is InChI=1S/C23H23BrN2O3/c1-3-7-19-17(4-2)22(18-8-5-6-9-20(18)26-19)23(28)29-14-21(27)25-16-12-10-15(24)11-13-16/h5-6,8-13H,3-4,7,14H2,1-2H3,(H,25,27). The van der Waals surface area contributed by atoms with Gasteiger partial charge in [0, 0.05) is 21.2 Å². The molecule has 3 rings (SSSR count). The number of benzene rings is 2. The van der Waals surface area contributed by atoms with Gasteiger partial charge in [-0.05, 0) is 48.7 Å². The molecule has 0 unspecified atom stereocenters. The van der Waals surface area contributed by atoms with E-state index in [4.69, 9.17) is 9.72 Å². The Balaban J connectivity index is 1.82. The molecule has 0 bridgehead atoms. The van der Waals surface area contributed by atoms with Crippen LogP contribution in [-0.4, -0.2) is 23.5 Å². The lowest BCUT2D eigenvalue weighted by Crippen LogP contribution is -2.22. The maximum Gasteiger partial charge on any atom is 0.339 e. The fraction of sp³-hybridized carbons (Fsp3) is 0.261. The van der Waals surface area contributed by atoms with Crippen LogP contribution in [0.3, 0.4) is 0 Å². The fourth-order valence-electron chi connectivity index (χ4n) is 3.29. The molecule has 0 fully saturated rings. The molecule has 5 nitrogen and oxygen atoms in total. The molecule has 0 radical (unpaired) electrons. The predicted octanol–water partition coefficient (Wildman–Crippen LogP) is 5.31. The van der Waals surface area contributed by atoms with Gasteiger partial charge in [0.1, 0.15) is 0 Å². The van der Waals surface area contributed by atoms with Crippen LogP contribution in [0, 0.1) is 0 Å². The Morgan fingerprint density at radius 3 is 2.48 bits per heavy atom. The van der Waals surface area contributed by atoms with E-state index >= 15 is 0 Å². The zero-order valence-corrected chi connectivity index (χ0v) is 18.1. The first kappa shape index (κ1) is 21.0. The minimum Gasteiger partial charge on any atom is -0.452 e. The average molecular weight is 455 g/mol. The summed E-state index contributed by atoms with van der Waals surface area (Å²) in [5.74, 6) is -0.880. The van der Waals surface area contributed by atoms with Gasteiger partial charge in [0.2, 0.25) is 0 Å². The highest BCUT2D eigenvalue weighted by atomic mass is 79.9. The number of para-hydroxylation sites is 1. The molecule has 0 atom stereocenters. The van der Waals surface area contributed by atoms with Crippen molar-refractivity contribution in [3.8, 4) is 0 Å². The van der Waals surface area contributed by atoms with Gasteiger partial charge in [0.25, 0.3) is 5.91 Å². The number of carbonyl (C=O) groups is 2. The molecule has 3 aromatic rings. The zero-order valence-electron chi connectivity index (χ0n) is 16.5. The van der Waals surface area contributed by atoms with E-state index in [2.05, 4.69) is 28.2 Å². The van der Waals surface area contributed by atoms with Crippen molar-refractivity contribution in [2.45, 2.75) is 33.1 Å². The van der Waals surface area contributed by atoms with Crippen LogP contribution >= 0.6 is 15.9 Å². The summed E-state index contributed by atoms with van der Waals surface area (Å²) < 4.78 is 6.30. The third-order valence-electron chi connectivity index (χ3n) is 4.59. The number of hydrogen-bond donors (Lipinski definition) is 1. The number of carbonyl (C=O) groups excluding carboxylic acids is 2. The van der Waals surface area contributed by atoms with Crippen molar-refractivity contribution in [2.24, 2.45) is 0 Å². The van der Waals surface area contributed by atoms with Gasteiger partial charge in [-0.15, -0.1) is 0 Å². The minimum absolute atomic E-state index is 0.349. The number of esters is 1. The number of halogens is 1. The van der Waals surface area contributed by atoms with Crippen LogP contribution < -0.4 is 5.32 Å². The topological polar surface area (TPSA) is 68.3 Å². The highest BCUT2D eigenvalue weighted by Gasteiger charge is 2.21. The zero-order chi connectivity index (χ0) is 20.8. The maximum atomic E-state index is 13.0. The summed E-state index contributed by atoms with van der Waals surface area (Å²) in [5.41, 5.74) is 3.73. The number of pyridine rings is 1. The van der Waals surface area contributed by atoms with E-state index in [1.807, 2.05) is 43.3 Å². The molecule has 2 aromatic carbocycles. The lowest BCUT2D eigenvalue weighted by Gasteiger charge is -2.15. The third kappa shape index (κ3) is 5.01. The summed E-state index contributed by atoms with van der Waals surface area (Å²) in [5, 5.41) is 3.48. The highest BCUT2D eigenvalue weighted by molar-refractivity contribution is 9.10. The van der Waals surface area contributed by atoms with Crippen LogP contribution in [0.25, 0.3) is 10.9 Å². The van der Waals surface area contributed by atoms with Crippen molar-refractivity contribution in [2.75, 3.05) is 11.9 Å². The number of nitrogens with one attached hydrogen (secondary N) is 1. The largest absolute Gasteiger partial charge is 0.452 e. The second kappa shape index (κ2) is 9.65. The molecule has 0 aliphatic rings. The summed E-state index contributed by atoms with van der Waals surface area (Å²) in [4.78, 5) is 29.9. The smallest absolute Gasteiger partial charge is 0.339 e. The Hall–Kier alpha value is -2.73. The van der Waals surface area contributed by atoms with Gasteiger partial charge in [-0.3, -0.25) is 9.78 Å². The first-order chi connectivity index (χ1) is 14.0. The Kier molecular flexibility index (Phi) is 6.99. The van der Waals surface area contributed by atoms with Crippen LogP contribution in [-0.2, 0) is 22.4 Å². The first-order valence-corrected chi connectivity index (χ1v) is 10.5. The molecule has 1 N–H and O–H groups in total. The second-order valence-corrected chi connectivity index (χ2v) is 7.58. The number of hydrogen-bond acceptors (Lipinski definition) is 4. The first-order valence-electron chi connectivity index (χ1n) is 9.66. The van der Waals surface area contributed by atoms with Crippen molar-refractivity contribution >= 4 is 44.4 Å². The minimum atomic E-state index is -0.497. The number of rotatable bonds is 7. The van der Waals surface area contributed by atoms with Crippen molar-refractivity contribution in [1.29, 1.82) is 0 Å². The van der Waals surface area contributed by atoms with Crippen molar-refractivity contribution < 1.29 is 14.3 Å². The molecule has 0 spiro atoms. The van der Waals surface area contributed by atoms with Gasteiger partial charge in [0.05, 0.1) is 11.1 Å². The van der Waals surface area contributed by atoms with Crippen LogP contribution in [0.1, 0.15) is 41.9 Å². The monoisotopic (exact) mass is 454 g/mol. The molecule has 0 saturated carbocycles. The van der Waals surface area contributed by atoms with Gasteiger partial charge in [-0.2, -0.15) is 0 Å². The van der Waals surface area contributed by atoms with E-state index in [1.54, 1.807) is 12.1 Å². The maximum absolute atomic E-state index is 13.0. The van der Waals surface area contributed by atoms with E-state index in [0.717, 1.165) is 39.5 Å². The molecule has 150 valence electrons. The molecule has 0 aliphatic heterocycles. The quantitative estimate of drug-likeness (QED) is 0.491. The number of anilines is 1. The number of nitrogens with zero attached hydrogens (tertiary/aromatic N) is 1. The summed E-state index contributed by atoms with van der Waals surface area (Å²) in [7, 11) is 0. The molecular formula is C23H23BrN2O3. The van der Waals surface area contributed by atoms with Gasteiger partial charge < -0.3 is 10.1 Å². The Morgan fingerprint density at radius 1 is 1.07 bits per heavy atom. The molecule has 1 amide bonds. The van der Waals surface area contributed by atoms with Crippen LogP contribution in [0.15, 0.2) is 53.0 Å². The molecule has 29 heavy (non-hydrogen) atoms. The second-order valence-electron chi connectivity index (χ2n) is 6.66. The molecule has 1 aromatic heterocycles. The van der Waals surface area contributed by atoms with Gasteiger partial charge in [-0.25, -0.2) is 4.79 Å². The number of aryl methyl sites for hydroxylation is 1. The normalized spacial score (nSPS) is 10.7. The van der Waals surface area contributed by atoms with Crippen molar-refractivity contribution in [3.63, 3.8) is 0 Å². The Bertz CT molecular complexity index is 1030. The average Bonchev–Trinajstić information content (AvgIpc) is 2.73. The van der Waals surface area contributed by atoms with E-state index in [0.29, 0.717) is 17.7 Å². The molecule has 6 heteroatoms. The van der Waals surface area contributed by atoms with Crippen molar-refractivity contribution in [3.05, 3.63) is 69.8 Å². The lowest BCUT2D eigenvalue weighted by atomic mass is 9.96. The number of aromatic nitrogens is 1. The third-order valence-corrected chi connectivity index (χ3v) is 5.11. The molecule has 0 aliphatic carbocycles. The highest BCUT2D eigenvalue weighted by Crippen LogP contribution is 2.26. The summed E-state index contributed by atoms with van der Waals surface area (Å²) in [6.07, 6.45) is 2.39.